The zero-order valence-corrected chi connectivity index (χ0v) is 14.9. The maximum absolute atomic E-state index is 13.3. The van der Waals surface area contributed by atoms with Crippen molar-refractivity contribution in [1.29, 1.82) is 0 Å². The molecule has 5 fully saturated rings. The zero-order valence-electron chi connectivity index (χ0n) is 14.1. The zero-order chi connectivity index (χ0) is 14.6. The minimum Gasteiger partial charge on any atom is -0.342 e. The van der Waals surface area contributed by atoms with E-state index >= 15 is 0 Å². The van der Waals surface area contributed by atoms with E-state index in [1.165, 1.54) is 38.5 Å². The molecule has 1 heterocycles. The van der Waals surface area contributed by atoms with Crippen LogP contribution in [0.1, 0.15) is 51.4 Å². The summed E-state index contributed by atoms with van der Waals surface area (Å²) in [4.78, 5) is 17.8. The minimum atomic E-state index is 0. The maximum atomic E-state index is 13.3. The van der Waals surface area contributed by atoms with E-state index in [0.717, 1.165) is 43.7 Å². The number of piperidine rings is 1. The first-order valence-electron chi connectivity index (χ1n) is 9.01. The van der Waals surface area contributed by atoms with Gasteiger partial charge in [-0.2, -0.15) is 0 Å². The molecule has 4 aliphatic carbocycles. The van der Waals surface area contributed by atoms with Crippen molar-refractivity contribution >= 4 is 18.3 Å². The van der Waals surface area contributed by atoms with E-state index in [2.05, 4.69) is 23.9 Å². The fourth-order valence-corrected chi connectivity index (χ4v) is 6.29. The lowest BCUT2D eigenvalue weighted by atomic mass is 9.49. The van der Waals surface area contributed by atoms with Crippen LogP contribution in [0.15, 0.2) is 0 Å². The number of hydrogen-bond donors (Lipinski definition) is 0. The van der Waals surface area contributed by atoms with Gasteiger partial charge in [-0.15, -0.1) is 12.4 Å². The fourth-order valence-electron chi connectivity index (χ4n) is 6.29. The van der Waals surface area contributed by atoms with Crippen LogP contribution in [-0.4, -0.2) is 48.9 Å². The summed E-state index contributed by atoms with van der Waals surface area (Å²) in [6.07, 6.45) is 10.2. The average molecular weight is 327 g/mol. The second-order valence-corrected chi connectivity index (χ2v) is 8.65. The van der Waals surface area contributed by atoms with Gasteiger partial charge in [-0.25, -0.2) is 0 Å². The predicted molar refractivity (Wildman–Crippen MR) is 91.1 cm³/mol. The van der Waals surface area contributed by atoms with Gasteiger partial charge in [0.2, 0.25) is 5.91 Å². The van der Waals surface area contributed by atoms with Crippen molar-refractivity contribution in [2.75, 3.05) is 27.2 Å². The largest absolute Gasteiger partial charge is 0.342 e. The van der Waals surface area contributed by atoms with Gasteiger partial charge < -0.3 is 9.80 Å². The Labute approximate surface area is 141 Å². The highest BCUT2D eigenvalue weighted by Gasteiger charge is 2.55. The summed E-state index contributed by atoms with van der Waals surface area (Å²) in [5.41, 5.74) is 0.0485. The van der Waals surface area contributed by atoms with Crippen LogP contribution in [0.4, 0.5) is 0 Å². The van der Waals surface area contributed by atoms with Gasteiger partial charge in [-0.3, -0.25) is 4.79 Å². The fraction of sp³-hybridized carbons (Fsp3) is 0.944. The van der Waals surface area contributed by atoms with Crippen LogP contribution >= 0.6 is 12.4 Å². The molecule has 22 heavy (non-hydrogen) atoms. The second kappa shape index (κ2) is 5.98. The molecule has 0 aromatic heterocycles. The lowest BCUT2D eigenvalue weighted by Gasteiger charge is -2.57. The molecule has 0 unspecified atom stereocenters. The van der Waals surface area contributed by atoms with E-state index < -0.39 is 0 Å². The van der Waals surface area contributed by atoms with Crippen LogP contribution in [0.2, 0.25) is 0 Å². The van der Waals surface area contributed by atoms with Crippen LogP contribution in [0.3, 0.4) is 0 Å². The number of carbonyl (C=O) groups is 1. The van der Waals surface area contributed by atoms with Crippen molar-refractivity contribution in [1.82, 2.24) is 9.80 Å². The first kappa shape index (κ1) is 16.6. The highest BCUT2D eigenvalue weighted by molar-refractivity contribution is 5.85. The molecule has 1 saturated heterocycles. The maximum Gasteiger partial charge on any atom is 0.228 e. The molecule has 4 bridgehead atoms. The van der Waals surface area contributed by atoms with E-state index in [1.807, 2.05) is 0 Å². The molecule has 5 rings (SSSR count). The van der Waals surface area contributed by atoms with E-state index in [9.17, 15) is 4.79 Å². The number of halogens is 1. The van der Waals surface area contributed by atoms with Gasteiger partial charge in [-0.1, -0.05) is 0 Å². The second-order valence-electron chi connectivity index (χ2n) is 8.65. The minimum absolute atomic E-state index is 0. The number of amides is 1. The lowest BCUT2D eigenvalue weighted by Crippen LogP contribution is -2.56. The number of rotatable bonds is 2. The number of hydrogen-bond acceptors (Lipinski definition) is 2. The van der Waals surface area contributed by atoms with Crippen LogP contribution in [-0.2, 0) is 4.79 Å². The molecule has 0 aromatic carbocycles. The molecule has 4 heteroatoms. The average Bonchev–Trinajstić information content (AvgIpc) is 2.45. The Morgan fingerprint density at radius 1 is 1.00 bits per heavy atom. The van der Waals surface area contributed by atoms with Crippen molar-refractivity contribution in [2.24, 2.45) is 23.2 Å². The Bertz CT molecular complexity index is 396. The molecule has 1 amide bonds. The van der Waals surface area contributed by atoms with Gasteiger partial charge >= 0.3 is 0 Å². The molecule has 1 aliphatic heterocycles. The van der Waals surface area contributed by atoms with Gasteiger partial charge in [0, 0.05) is 13.1 Å². The van der Waals surface area contributed by atoms with Crippen molar-refractivity contribution in [3.63, 3.8) is 0 Å². The molecule has 126 valence electrons. The van der Waals surface area contributed by atoms with Crippen molar-refractivity contribution < 1.29 is 4.79 Å². The van der Waals surface area contributed by atoms with Gasteiger partial charge in [0.1, 0.15) is 0 Å². The Morgan fingerprint density at radius 2 is 1.45 bits per heavy atom. The third kappa shape index (κ3) is 2.69. The topological polar surface area (TPSA) is 23.6 Å². The first-order chi connectivity index (χ1) is 10.1. The summed E-state index contributed by atoms with van der Waals surface area (Å²) in [7, 11) is 4.29. The summed E-state index contributed by atoms with van der Waals surface area (Å²) >= 11 is 0. The summed E-state index contributed by atoms with van der Waals surface area (Å²) in [6, 6.07) is 0.488. The summed E-state index contributed by atoms with van der Waals surface area (Å²) in [5.74, 6) is 3.11. The summed E-state index contributed by atoms with van der Waals surface area (Å²) < 4.78 is 0. The monoisotopic (exact) mass is 326 g/mol. The van der Waals surface area contributed by atoms with Gasteiger partial charge in [0.05, 0.1) is 5.41 Å². The SMILES string of the molecule is CN1CCC(N(C)C(=O)C23CC4CC(CC(C4)C2)C3)CC1.Cl. The quantitative estimate of drug-likeness (QED) is 0.778. The van der Waals surface area contributed by atoms with Gasteiger partial charge in [0.15, 0.2) is 0 Å². The summed E-state index contributed by atoms with van der Waals surface area (Å²) in [6.45, 7) is 2.28. The molecule has 0 atom stereocenters. The van der Waals surface area contributed by atoms with Crippen LogP contribution in [0, 0.1) is 23.2 Å². The molecular weight excluding hydrogens is 296 g/mol. The highest BCUT2D eigenvalue weighted by atomic mass is 35.5. The Kier molecular flexibility index (Phi) is 4.50. The molecule has 5 aliphatic rings. The Balaban J connectivity index is 0.00000144. The van der Waals surface area contributed by atoms with Crippen molar-refractivity contribution in [3.8, 4) is 0 Å². The Morgan fingerprint density at radius 3 is 1.91 bits per heavy atom. The van der Waals surface area contributed by atoms with E-state index in [0.29, 0.717) is 11.9 Å². The van der Waals surface area contributed by atoms with Crippen LogP contribution in [0.5, 0.6) is 0 Å². The molecule has 0 N–H and O–H groups in total. The third-order valence-electron chi connectivity index (χ3n) is 7.05. The molecule has 4 saturated carbocycles. The normalized spacial score (nSPS) is 41.3. The van der Waals surface area contributed by atoms with Crippen molar-refractivity contribution in [2.45, 2.75) is 57.4 Å². The number of likely N-dealkylation sites (tertiary alicyclic amines) is 1. The molecular formula is C18H31ClN2O. The van der Waals surface area contributed by atoms with Crippen LogP contribution < -0.4 is 0 Å². The van der Waals surface area contributed by atoms with E-state index in [1.54, 1.807) is 0 Å². The molecule has 0 aromatic rings. The van der Waals surface area contributed by atoms with Gasteiger partial charge in [0.25, 0.3) is 0 Å². The first-order valence-corrected chi connectivity index (χ1v) is 9.01. The third-order valence-corrected chi connectivity index (χ3v) is 7.05. The molecule has 3 nitrogen and oxygen atoms in total. The van der Waals surface area contributed by atoms with E-state index in [4.69, 9.17) is 0 Å². The smallest absolute Gasteiger partial charge is 0.228 e. The standard InChI is InChI=1S/C18H30N2O.ClH/c1-19-5-3-16(4-6-19)20(2)17(21)18-10-13-7-14(11-18)9-15(8-13)12-18;/h13-16H,3-12H2,1-2H3;1H. The summed E-state index contributed by atoms with van der Waals surface area (Å²) in [5, 5.41) is 0. The highest BCUT2D eigenvalue weighted by Crippen LogP contribution is 2.60. The number of nitrogens with zero attached hydrogens (tertiary/aromatic N) is 2. The molecule has 0 spiro atoms. The lowest BCUT2D eigenvalue weighted by molar-refractivity contribution is -0.159. The van der Waals surface area contributed by atoms with Crippen LogP contribution in [0.25, 0.3) is 0 Å². The van der Waals surface area contributed by atoms with Gasteiger partial charge in [-0.05, 0) is 89.3 Å². The van der Waals surface area contributed by atoms with Crippen molar-refractivity contribution in [3.05, 3.63) is 0 Å². The molecule has 0 radical (unpaired) electrons. The number of carbonyl (C=O) groups excluding carboxylic acids is 1. The Hall–Kier alpha value is -0.280. The predicted octanol–water partition coefficient (Wildman–Crippen LogP) is 3.18. The van der Waals surface area contributed by atoms with E-state index in [-0.39, 0.29) is 17.8 Å².